The van der Waals surface area contributed by atoms with Crippen molar-refractivity contribution in [3.8, 4) is 17.0 Å². The third-order valence-corrected chi connectivity index (χ3v) is 5.08. The van der Waals surface area contributed by atoms with Crippen molar-refractivity contribution in [1.29, 1.82) is 0 Å². The van der Waals surface area contributed by atoms with Gasteiger partial charge in [0.15, 0.2) is 6.61 Å². The molecule has 0 aliphatic heterocycles. The number of halogens is 1. The first-order valence-electron chi connectivity index (χ1n) is 9.24. The monoisotopic (exact) mass is 405 g/mol. The minimum absolute atomic E-state index is 0.0975. The van der Waals surface area contributed by atoms with E-state index in [1.165, 1.54) is 0 Å². The van der Waals surface area contributed by atoms with Crippen LogP contribution in [0, 0.1) is 13.8 Å². The lowest BCUT2D eigenvalue weighted by Gasteiger charge is -2.11. The lowest BCUT2D eigenvalue weighted by atomic mass is 10.1. The van der Waals surface area contributed by atoms with Crippen molar-refractivity contribution in [3.63, 3.8) is 0 Å². The predicted molar refractivity (Wildman–Crippen MR) is 116 cm³/mol. The molecule has 5 nitrogen and oxygen atoms in total. The van der Waals surface area contributed by atoms with Gasteiger partial charge in [-0.2, -0.15) is 0 Å². The largest absolute Gasteiger partial charge is 0.484 e. The number of carbonyl (C=O) groups is 1. The van der Waals surface area contributed by atoms with E-state index in [4.69, 9.17) is 21.3 Å². The lowest BCUT2D eigenvalue weighted by Crippen LogP contribution is -2.20. The molecule has 0 saturated carbocycles. The zero-order valence-corrected chi connectivity index (χ0v) is 16.9. The molecule has 6 heteroatoms. The number of hydrogen-bond acceptors (Lipinski definition) is 3. The highest BCUT2D eigenvalue weighted by Crippen LogP contribution is 2.28. The van der Waals surface area contributed by atoms with Crippen molar-refractivity contribution in [3.05, 3.63) is 83.1 Å². The van der Waals surface area contributed by atoms with Gasteiger partial charge in [0.05, 0.1) is 11.4 Å². The second-order valence-corrected chi connectivity index (χ2v) is 7.25. The number of nitrogens with one attached hydrogen (secondary N) is 1. The molecular formula is C23H20ClN3O2. The molecule has 4 aromatic rings. The zero-order chi connectivity index (χ0) is 20.4. The van der Waals surface area contributed by atoms with Crippen LogP contribution < -0.4 is 10.1 Å². The van der Waals surface area contributed by atoms with Crippen LogP contribution in [0.4, 0.5) is 5.69 Å². The number of ether oxygens (including phenoxy) is 1. The molecule has 2 heterocycles. The molecule has 2 aromatic heterocycles. The third-order valence-electron chi connectivity index (χ3n) is 4.65. The van der Waals surface area contributed by atoms with Crippen LogP contribution in [-0.2, 0) is 4.79 Å². The fraction of sp³-hybridized carbons (Fsp3) is 0.130. The quantitative estimate of drug-likeness (QED) is 0.491. The van der Waals surface area contributed by atoms with Crippen LogP contribution in [0.2, 0.25) is 5.02 Å². The minimum Gasteiger partial charge on any atom is -0.484 e. The molecule has 0 bridgehead atoms. The van der Waals surface area contributed by atoms with Gasteiger partial charge in [0.25, 0.3) is 5.91 Å². The van der Waals surface area contributed by atoms with Gasteiger partial charge in [-0.15, -0.1) is 0 Å². The average molecular weight is 406 g/mol. The molecular weight excluding hydrogens is 386 g/mol. The number of hydrogen-bond donors (Lipinski definition) is 1. The van der Waals surface area contributed by atoms with Crippen molar-refractivity contribution < 1.29 is 9.53 Å². The smallest absolute Gasteiger partial charge is 0.262 e. The summed E-state index contributed by atoms with van der Waals surface area (Å²) in [5.41, 5.74) is 5.22. The van der Waals surface area contributed by atoms with E-state index >= 15 is 0 Å². The Morgan fingerprint density at radius 1 is 1.10 bits per heavy atom. The highest BCUT2D eigenvalue weighted by Gasteiger charge is 2.12. The summed E-state index contributed by atoms with van der Waals surface area (Å²) in [6, 6.07) is 16.9. The van der Waals surface area contributed by atoms with Crippen LogP contribution in [0.3, 0.4) is 0 Å². The third kappa shape index (κ3) is 4.10. The average Bonchev–Trinajstić information content (AvgIpc) is 3.15. The van der Waals surface area contributed by atoms with Crippen LogP contribution in [0.25, 0.3) is 16.9 Å². The number of carbonyl (C=O) groups excluding carboxylic acids is 1. The number of aryl methyl sites for hydroxylation is 2. The molecule has 0 aliphatic rings. The number of amides is 1. The maximum Gasteiger partial charge on any atom is 0.262 e. The molecule has 146 valence electrons. The molecule has 4 rings (SSSR count). The molecule has 0 unspecified atom stereocenters. The van der Waals surface area contributed by atoms with Gasteiger partial charge >= 0.3 is 0 Å². The number of anilines is 1. The van der Waals surface area contributed by atoms with Crippen molar-refractivity contribution in [1.82, 2.24) is 9.38 Å². The maximum atomic E-state index is 12.5. The summed E-state index contributed by atoms with van der Waals surface area (Å²) in [6.45, 7) is 3.82. The van der Waals surface area contributed by atoms with E-state index in [1.807, 2.05) is 73.1 Å². The number of fused-ring (bicyclic) bond motifs is 1. The highest BCUT2D eigenvalue weighted by molar-refractivity contribution is 6.31. The van der Waals surface area contributed by atoms with Crippen molar-refractivity contribution >= 4 is 28.8 Å². The molecule has 2 aromatic carbocycles. The lowest BCUT2D eigenvalue weighted by molar-refractivity contribution is -0.118. The van der Waals surface area contributed by atoms with Gasteiger partial charge in [-0.25, -0.2) is 4.98 Å². The normalized spacial score (nSPS) is 10.9. The molecule has 0 spiro atoms. The summed E-state index contributed by atoms with van der Waals surface area (Å²) in [5.74, 6) is 0.358. The van der Waals surface area contributed by atoms with Gasteiger partial charge in [-0.05, 0) is 55.3 Å². The van der Waals surface area contributed by atoms with E-state index < -0.39 is 0 Å². The summed E-state index contributed by atoms with van der Waals surface area (Å²) in [6.07, 6.45) is 3.92. The summed E-state index contributed by atoms with van der Waals surface area (Å²) in [5, 5.41) is 3.59. The van der Waals surface area contributed by atoms with Crippen LogP contribution in [0.15, 0.2) is 67.0 Å². The Kier molecular flexibility index (Phi) is 5.23. The second kappa shape index (κ2) is 7.97. The Balaban J connectivity index is 1.52. The number of para-hydroxylation sites is 1. The number of pyridine rings is 1. The second-order valence-electron chi connectivity index (χ2n) is 6.84. The molecule has 0 radical (unpaired) electrons. The van der Waals surface area contributed by atoms with Crippen molar-refractivity contribution in [2.75, 3.05) is 11.9 Å². The molecule has 29 heavy (non-hydrogen) atoms. The van der Waals surface area contributed by atoms with Gasteiger partial charge in [-0.3, -0.25) is 4.79 Å². The Labute approximate surface area is 173 Å². The van der Waals surface area contributed by atoms with Gasteiger partial charge in [0.1, 0.15) is 11.4 Å². The van der Waals surface area contributed by atoms with Crippen LogP contribution >= 0.6 is 11.6 Å². The standard InChI is InChI=1S/C23H20ClN3O2/c1-15-6-5-11-27-13-21(26-23(15)27)18-7-3-4-8-20(18)25-22(28)14-29-17-9-10-19(24)16(2)12-17/h3-13H,14H2,1-2H3,(H,25,28). The minimum atomic E-state index is -0.245. The van der Waals surface area contributed by atoms with E-state index in [9.17, 15) is 4.79 Å². The van der Waals surface area contributed by atoms with Crippen LogP contribution in [-0.4, -0.2) is 21.9 Å². The molecule has 0 saturated heterocycles. The zero-order valence-electron chi connectivity index (χ0n) is 16.1. The molecule has 0 atom stereocenters. The Hall–Kier alpha value is -3.31. The summed E-state index contributed by atoms with van der Waals surface area (Å²) in [7, 11) is 0. The Morgan fingerprint density at radius 3 is 2.72 bits per heavy atom. The fourth-order valence-electron chi connectivity index (χ4n) is 3.14. The predicted octanol–water partition coefficient (Wildman–Crippen LogP) is 5.29. The number of aromatic nitrogens is 2. The number of nitrogens with zero attached hydrogens (tertiary/aromatic N) is 2. The van der Waals surface area contributed by atoms with E-state index in [1.54, 1.807) is 12.1 Å². The van der Waals surface area contributed by atoms with Crippen molar-refractivity contribution in [2.24, 2.45) is 0 Å². The van der Waals surface area contributed by atoms with E-state index in [-0.39, 0.29) is 12.5 Å². The van der Waals surface area contributed by atoms with Gasteiger partial charge in [0, 0.05) is 23.0 Å². The Bertz CT molecular complexity index is 1200. The van der Waals surface area contributed by atoms with Gasteiger partial charge in [0.2, 0.25) is 0 Å². The number of rotatable bonds is 5. The molecule has 0 fully saturated rings. The van der Waals surface area contributed by atoms with Crippen molar-refractivity contribution in [2.45, 2.75) is 13.8 Å². The number of benzene rings is 2. The first-order valence-corrected chi connectivity index (χ1v) is 9.61. The van der Waals surface area contributed by atoms with Gasteiger partial charge in [-0.1, -0.05) is 35.9 Å². The summed E-state index contributed by atoms with van der Waals surface area (Å²) in [4.78, 5) is 17.2. The summed E-state index contributed by atoms with van der Waals surface area (Å²) < 4.78 is 7.58. The van der Waals surface area contributed by atoms with Gasteiger partial charge < -0.3 is 14.5 Å². The van der Waals surface area contributed by atoms with E-state index in [0.29, 0.717) is 16.5 Å². The van der Waals surface area contributed by atoms with E-state index in [0.717, 1.165) is 28.0 Å². The SMILES string of the molecule is Cc1cc(OCC(=O)Nc2ccccc2-c2cn3cccc(C)c3n2)ccc1Cl. The van der Waals surface area contributed by atoms with E-state index in [2.05, 4.69) is 5.32 Å². The number of imidazole rings is 1. The first-order chi connectivity index (χ1) is 14.0. The molecule has 1 N–H and O–H groups in total. The highest BCUT2D eigenvalue weighted by atomic mass is 35.5. The first kappa shape index (κ1) is 19.0. The van der Waals surface area contributed by atoms with Crippen LogP contribution in [0.5, 0.6) is 5.75 Å². The topological polar surface area (TPSA) is 55.6 Å². The van der Waals surface area contributed by atoms with Crippen LogP contribution in [0.1, 0.15) is 11.1 Å². The molecule has 1 amide bonds. The molecule has 0 aliphatic carbocycles. The maximum absolute atomic E-state index is 12.5. The Morgan fingerprint density at radius 2 is 1.93 bits per heavy atom. The summed E-state index contributed by atoms with van der Waals surface area (Å²) >= 11 is 6.02. The fourth-order valence-corrected chi connectivity index (χ4v) is 3.26.